The van der Waals surface area contributed by atoms with Crippen LogP contribution in [0.1, 0.15) is 29.5 Å². The molecule has 0 unspecified atom stereocenters. The van der Waals surface area contributed by atoms with E-state index < -0.39 is 5.60 Å². The molecule has 4 rings (SSSR count). The van der Waals surface area contributed by atoms with E-state index in [2.05, 4.69) is 23.1 Å². The second kappa shape index (κ2) is 8.77. The number of morpholine rings is 1. The van der Waals surface area contributed by atoms with Gasteiger partial charge in [0.1, 0.15) is 5.60 Å². The van der Waals surface area contributed by atoms with Crippen LogP contribution in [0.2, 0.25) is 0 Å². The number of ether oxygens (including phenoxy) is 1. The topological polar surface area (TPSA) is 56.6 Å². The van der Waals surface area contributed by atoms with Crippen molar-refractivity contribution < 1.29 is 9.53 Å². The van der Waals surface area contributed by atoms with Crippen molar-refractivity contribution in [3.8, 4) is 6.07 Å². The molecular weight excluding hydrogens is 362 g/mol. The molecule has 2 aliphatic rings. The number of nitriles is 1. The Bertz CT molecular complexity index is 865. The molecule has 2 aromatic carbocycles. The number of hydrogen-bond acceptors (Lipinski definition) is 4. The SMILES string of the molecule is N#Cc1ccc(CN2CCC3(CC2)OCCN(CCc2ccccc2)C3=O)cc1. The molecule has 5 heteroatoms. The Morgan fingerprint density at radius 2 is 1.69 bits per heavy atom. The Balaban J connectivity index is 1.32. The Morgan fingerprint density at radius 3 is 2.38 bits per heavy atom. The van der Waals surface area contributed by atoms with Gasteiger partial charge in [-0.15, -0.1) is 0 Å². The molecule has 0 radical (unpaired) electrons. The van der Waals surface area contributed by atoms with Gasteiger partial charge in [-0.3, -0.25) is 9.69 Å². The molecule has 0 aromatic heterocycles. The van der Waals surface area contributed by atoms with E-state index >= 15 is 0 Å². The third-order valence-electron chi connectivity index (χ3n) is 6.08. The van der Waals surface area contributed by atoms with Gasteiger partial charge >= 0.3 is 0 Å². The summed E-state index contributed by atoms with van der Waals surface area (Å²) in [6.45, 7) is 4.59. The smallest absolute Gasteiger partial charge is 0.255 e. The molecule has 150 valence electrons. The summed E-state index contributed by atoms with van der Waals surface area (Å²) in [7, 11) is 0. The average Bonchev–Trinajstić information content (AvgIpc) is 2.78. The third-order valence-corrected chi connectivity index (χ3v) is 6.08. The minimum atomic E-state index is -0.643. The molecule has 5 nitrogen and oxygen atoms in total. The molecule has 1 spiro atoms. The molecule has 0 atom stereocenters. The highest BCUT2D eigenvalue weighted by Gasteiger charge is 2.46. The molecular formula is C24H27N3O2. The molecule has 2 aliphatic heterocycles. The molecule has 0 N–H and O–H groups in total. The van der Waals surface area contributed by atoms with Crippen LogP contribution < -0.4 is 0 Å². The van der Waals surface area contributed by atoms with Gasteiger partial charge in [-0.2, -0.15) is 5.26 Å². The maximum Gasteiger partial charge on any atom is 0.255 e. The van der Waals surface area contributed by atoms with Crippen LogP contribution in [0.3, 0.4) is 0 Å². The van der Waals surface area contributed by atoms with Gasteiger partial charge in [-0.05, 0) is 42.5 Å². The van der Waals surface area contributed by atoms with Crippen LogP contribution in [-0.4, -0.2) is 54.1 Å². The van der Waals surface area contributed by atoms with Crippen LogP contribution in [0.4, 0.5) is 0 Å². The average molecular weight is 389 g/mol. The van der Waals surface area contributed by atoms with E-state index in [0.717, 1.165) is 45.4 Å². The molecule has 0 aliphatic carbocycles. The second-order valence-electron chi connectivity index (χ2n) is 7.96. The summed E-state index contributed by atoms with van der Waals surface area (Å²) in [5.41, 5.74) is 2.50. The molecule has 29 heavy (non-hydrogen) atoms. The van der Waals surface area contributed by atoms with Gasteiger partial charge in [0.05, 0.1) is 18.2 Å². The molecule has 0 bridgehead atoms. The van der Waals surface area contributed by atoms with E-state index in [0.29, 0.717) is 18.7 Å². The first-order valence-electron chi connectivity index (χ1n) is 10.4. The Kier molecular flexibility index (Phi) is 5.94. The highest BCUT2D eigenvalue weighted by atomic mass is 16.5. The third kappa shape index (κ3) is 4.50. The number of benzene rings is 2. The van der Waals surface area contributed by atoms with Gasteiger partial charge < -0.3 is 9.64 Å². The monoisotopic (exact) mass is 389 g/mol. The van der Waals surface area contributed by atoms with Gasteiger partial charge in [0.25, 0.3) is 5.91 Å². The second-order valence-corrected chi connectivity index (χ2v) is 7.96. The maximum absolute atomic E-state index is 13.2. The molecule has 2 fully saturated rings. The number of rotatable bonds is 5. The molecule has 2 aromatic rings. The summed E-state index contributed by atoms with van der Waals surface area (Å²) in [6, 6.07) is 20.2. The fourth-order valence-corrected chi connectivity index (χ4v) is 4.30. The molecule has 2 heterocycles. The number of hydrogen-bond donors (Lipinski definition) is 0. The largest absolute Gasteiger partial charge is 0.363 e. The van der Waals surface area contributed by atoms with E-state index in [-0.39, 0.29) is 5.91 Å². The minimum absolute atomic E-state index is 0.165. The van der Waals surface area contributed by atoms with E-state index in [1.54, 1.807) is 0 Å². The van der Waals surface area contributed by atoms with Crippen molar-refractivity contribution in [1.29, 1.82) is 5.26 Å². The lowest BCUT2D eigenvalue weighted by atomic mass is 9.88. The molecule has 1 amide bonds. The standard InChI is InChI=1S/C24H27N3O2/c25-18-21-6-8-22(9-7-21)19-26-14-11-24(12-15-26)23(28)27(16-17-29-24)13-10-20-4-2-1-3-5-20/h1-9H,10-17,19H2. The number of carbonyl (C=O) groups excluding carboxylic acids is 1. The first-order chi connectivity index (χ1) is 14.2. The fourth-order valence-electron chi connectivity index (χ4n) is 4.30. The minimum Gasteiger partial charge on any atom is -0.363 e. The highest BCUT2D eigenvalue weighted by molar-refractivity contribution is 5.86. The quantitative estimate of drug-likeness (QED) is 0.789. The first-order valence-corrected chi connectivity index (χ1v) is 10.4. The van der Waals surface area contributed by atoms with E-state index in [1.165, 1.54) is 11.1 Å². The Labute approximate surface area is 172 Å². The van der Waals surface area contributed by atoms with E-state index in [4.69, 9.17) is 10.00 Å². The maximum atomic E-state index is 13.2. The van der Waals surface area contributed by atoms with Gasteiger partial charge in [-0.1, -0.05) is 42.5 Å². The van der Waals surface area contributed by atoms with Crippen molar-refractivity contribution in [2.75, 3.05) is 32.8 Å². The number of likely N-dealkylation sites (tertiary alicyclic amines) is 1. The highest BCUT2D eigenvalue weighted by Crippen LogP contribution is 2.32. The number of nitrogens with zero attached hydrogens (tertiary/aromatic N) is 3. The van der Waals surface area contributed by atoms with Gasteiger partial charge in [0, 0.05) is 32.7 Å². The summed E-state index contributed by atoms with van der Waals surface area (Å²) in [4.78, 5) is 17.6. The zero-order chi connectivity index (χ0) is 20.1. The fraction of sp³-hybridized carbons (Fsp3) is 0.417. The van der Waals surface area contributed by atoms with Crippen LogP contribution in [-0.2, 0) is 22.5 Å². The predicted molar refractivity (Wildman–Crippen MR) is 111 cm³/mol. The molecule has 0 saturated carbocycles. The normalized spacial score (nSPS) is 19.3. The van der Waals surface area contributed by atoms with Crippen LogP contribution in [0.15, 0.2) is 54.6 Å². The zero-order valence-electron chi connectivity index (χ0n) is 16.7. The van der Waals surface area contributed by atoms with Crippen molar-refractivity contribution in [3.05, 3.63) is 71.3 Å². The van der Waals surface area contributed by atoms with Crippen molar-refractivity contribution in [2.45, 2.75) is 31.4 Å². The van der Waals surface area contributed by atoms with Crippen LogP contribution >= 0.6 is 0 Å². The zero-order valence-corrected chi connectivity index (χ0v) is 16.7. The lowest BCUT2D eigenvalue weighted by Gasteiger charge is -2.46. The summed E-state index contributed by atoms with van der Waals surface area (Å²) < 4.78 is 6.08. The van der Waals surface area contributed by atoms with Crippen molar-refractivity contribution in [3.63, 3.8) is 0 Å². The molecule has 2 saturated heterocycles. The summed E-state index contributed by atoms with van der Waals surface area (Å²) in [5, 5.41) is 8.93. The number of amides is 1. The van der Waals surface area contributed by atoms with Crippen LogP contribution in [0.5, 0.6) is 0 Å². The van der Waals surface area contributed by atoms with E-state index in [1.807, 2.05) is 47.4 Å². The summed E-state index contributed by atoms with van der Waals surface area (Å²) >= 11 is 0. The van der Waals surface area contributed by atoms with Gasteiger partial charge in [0.15, 0.2) is 0 Å². The van der Waals surface area contributed by atoms with Crippen molar-refractivity contribution in [1.82, 2.24) is 9.80 Å². The summed E-state index contributed by atoms with van der Waals surface area (Å²) in [6.07, 6.45) is 2.36. The lowest BCUT2D eigenvalue weighted by molar-refractivity contribution is -0.179. The van der Waals surface area contributed by atoms with E-state index in [9.17, 15) is 4.79 Å². The van der Waals surface area contributed by atoms with Crippen molar-refractivity contribution in [2.24, 2.45) is 0 Å². The number of carbonyl (C=O) groups is 1. The number of piperidine rings is 1. The van der Waals surface area contributed by atoms with Crippen LogP contribution in [0, 0.1) is 11.3 Å². The van der Waals surface area contributed by atoms with Crippen LogP contribution in [0.25, 0.3) is 0 Å². The van der Waals surface area contributed by atoms with Crippen molar-refractivity contribution >= 4 is 5.91 Å². The lowest BCUT2D eigenvalue weighted by Crippen LogP contribution is -2.60. The predicted octanol–water partition coefficient (Wildman–Crippen LogP) is 2.99. The first kappa shape index (κ1) is 19.6. The van der Waals surface area contributed by atoms with Gasteiger partial charge in [0.2, 0.25) is 0 Å². The Hall–Kier alpha value is -2.68. The van der Waals surface area contributed by atoms with Gasteiger partial charge in [-0.25, -0.2) is 0 Å². The summed E-state index contributed by atoms with van der Waals surface area (Å²) in [5.74, 6) is 0.165. The Morgan fingerprint density at radius 1 is 0.966 bits per heavy atom.